The van der Waals surface area contributed by atoms with Gasteiger partial charge in [-0.25, -0.2) is 4.98 Å². The van der Waals surface area contributed by atoms with E-state index >= 15 is 0 Å². The van der Waals surface area contributed by atoms with Gasteiger partial charge in [-0.1, -0.05) is 81.5 Å². The molecule has 1 saturated carbocycles. The Morgan fingerprint density at radius 2 is 1.69 bits per heavy atom. The third-order valence-electron chi connectivity index (χ3n) is 5.51. The molecule has 0 saturated heterocycles. The standard InChI is InChI=1S/C18H14N3P.C7H14.C2H6O/c22-14-7-9-15-17(10-14)21-18(20-15)16-8-6-13(11-19-16)12-4-2-1-3-5-12;1-7-5-3-2-4-6-7;1-2-3/h1-11H,22H2,(H,20,21);7H,2-6H2,1H3;3H,2H2,1H3. The normalized spacial score (nSPS) is 13.6. The molecule has 5 rings (SSSR count). The lowest BCUT2D eigenvalue weighted by Crippen LogP contribution is -1.99. The lowest BCUT2D eigenvalue weighted by molar-refractivity contribution is 0.318. The third-order valence-corrected chi connectivity index (χ3v) is 5.87. The molecule has 4 aromatic rings. The van der Waals surface area contributed by atoms with E-state index in [2.05, 4.69) is 55.4 Å². The zero-order chi connectivity index (χ0) is 22.8. The van der Waals surface area contributed by atoms with Crippen LogP contribution in [-0.2, 0) is 0 Å². The molecular formula is C27H34N3OP. The highest BCUT2D eigenvalue weighted by atomic mass is 31.0. The summed E-state index contributed by atoms with van der Waals surface area (Å²) in [5.74, 6) is 1.83. The average molecular weight is 448 g/mol. The van der Waals surface area contributed by atoms with Gasteiger partial charge >= 0.3 is 0 Å². The van der Waals surface area contributed by atoms with Gasteiger partial charge in [0.2, 0.25) is 0 Å². The van der Waals surface area contributed by atoms with E-state index in [1.807, 2.05) is 42.6 Å². The monoisotopic (exact) mass is 447 g/mol. The molecule has 4 nitrogen and oxygen atoms in total. The van der Waals surface area contributed by atoms with Crippen LogP contribution < -0.4 is 5.30 Å². The Kier molecular flexibility index (Phi) is 9.40. The first kappa shape index (κ1) is 24.1. The molecule has 0 amide bonds. The molecule has 1 fully saturated rings. The second-order valence-corrected chi connectivity index (χ2v) is 8.89. The molecule has 1 aliphatic rings. The van der Waals surface area contributed by atoms with Crippen molar-refractivity contribution < 1.29 is 5.11 Å². The minimum atomic E-state index is 0.250. The minimum absolute atomic E-state index is 0.250. The number of hydrogen-bond acceptors (Lipinski definition) is 3. The van der Waals surface area contributed by atoms with E-state index in [0.717, 1.165) is 39.3 Å². The van der Waals surface area contributed by atoms with Gasteiger partial charge in [0.25, 0.3) is 0 Å². The number of nitrogens with zero attached hydrogens (tertiary/aromatic N) is 2. The zero-order valence-corrected chi connectivity index (χ0v) is 20.2. The number of aromatic amines is 1. The van der Waals surface area contributed by atoms with Gasteiger partial charge in [-0.15, -0.1) is 9.24 Å². The molecule has 2 aromatic heterocycles. The summed E-state index contributed by atoms with van der Waals surface area (Å²) < 4.78 is 0. The summed E-state index contributed by atoms with van der Waals surface area (Å²) in [5.41, 5.74) is 5.10. The molecule has 2 aromatic carbocycles. The summed E-state index contributed by atoms with van der Waals surface area (Å²) in [6.45, 7) is 4.29. The van der Waals surface area contributed by atoms with E-state index < -0.39 is 0 Å². The van der Waals surface area contributed by atoms with Crippen molar-refractivity contribution in [3.05, 3.63) is 66.9 Å². The number of nitrogens with one attached hydrogen (secondary N) is 1. The predicted molar refractivity (Wildman–Crippen MR) is 139 cm³/mol. The topological polar surface area (TPSA) is 61.8 Å². The fourth-order valence-electron chi connectivity index (χ4n) is 3.79. The summed E-state index contributed by atoms with van der Waals surface area (Å²) in [6, 6.07) is 20.4. The molecule has 0 bridgehead atoms. The Balaban J connectivity index is 0.000000242. The summed E-state index contributed by atoms with van der Waals surface area (Å²) in [6.07, 6.45) is 9.33. The third kappa shape index (κ3) is 6.98. The zero-order valence-electron chi connectivity index (χ0n) is 19.1. The number of benzene rings is 2. The van der Waals surface area contributed by atoms with Crippen molar-refractivity contribution in [1.82, 2.24) is 15.0 Å². The van der Waals surface area contributed by atoms with Crippen LogP contribution in [0.3, 0.4) is 0 Å². The number of fused-ring (bicyclic) bond motifs is 1. The van der Waals surface area contributed by atoms with Crippen LogP contribution in [0.1, 0.15) is 46.0 Å². The van der Waals surface area contributed by atoms with Crippen LogP contribution in [0.2, 0.25) is 0 Å². The van der Waals surface area contributed by atoms with E-state index in [4.69, 9.17) is 5.11 Å². The largest absolute Gasteiger partial charge is 0.397 e. The van der Waals surface area contributed by atoms with Crippen LogP contribution in [0.4, 0.5) is 0 Å². The lowest BCUT2D eigenvalue weighted by atomic mass is 9.91. The molecule has 0 radical (unpaired) electrons. The van der Waals surface area contributed by atoms with Crippen molar-refractivity contribution >= 4 is 25.6 Å². The fraction of sp³-hybridized carbons (Fsp3) is 0.333. The highest BCUT2D eigenvalue weighted by Gasteiger charge is 2.07. The average Bonchev–Trinajstić information content (AvgIpc) is 3.24. The maximum absolute atomic E-state index is 7.57. The molecule has 1 aliphatic carbocycles. The van der Waals surface area contributed by atoms with E-state index in [0.29, 0.717) is 0 Å². The maximum Gasteiger partial charge on any atom is 0.157 e. The molecule has 168 valence electrons. The van der Waals surface area contributed by atoms with Crippen molar-refractivity contribution in [3.8, 4) is 22.6 Å². The summed E-state index contributed by atoms with van der Waals surface area (Å²) in [5, 5.41) is 8.70. The number of imidazole rings is 1. The number of pyridine rings is 1. The Morgan fingerprint density at radius 1 is 0.969 bits per heavy atom. The Labute approximate surface area is 193 Å². The SMILES string of the molecule is CC1CCCCC1.CCO.Pc1ccc2nc(-c3ccc(-c4ccccc4)cn3)[nH]c2c1. The van der Waals surface area contributed by atoms with Gasteiger partial charge in [0, 0.05) is 18.4 Å². The fourth-order valence-corrected chi connectivity index (χ4v) is 4.05. The first-order chi connectivity index (χ1) is 15.6. The van der Waals surface area contributed by atoms with Crippen LogP contribution in [0.25, 0.3) is 33.7 Å². The number of aromatic nitrogens is 3. The number of aliphatic hydroxyl groups excluding tert-OH is 1. The predicted octanol–water partition coefficient (Wildman–Crippen LogP) is 6.38. The van der Waals surface area contributed by atoms with Crippen LogP contribution in [0.5, 0.6) is 0 Å². The molecule has 32 heavy (non-hydrogen) atoms. The molecule has 2 N–H and O–H groups in total. The summed E-state index contributed by atoms with van der Waals surface area (Å²) >= 11 is 0. The Bertz CT molecular complexity index is 1070. The second kappa shape index (κ2) is 12.5. The first-order valence-electron chi connectivity index (χ1n) is 11.5. The van der Waals surface area contributed by atoms with Gasteiger partial charge in [-0.2, -0.15) is 0 Å². The van der Waals surface area contributed by atoms with Crippen molar-refractivity contribution in [2.24, 2.45) is 5.92 Å². The van der Waals surface area contributed by atoms with E-state index in [9.17, 15) is 0 Å². The lowest BCUT2D eigenvalue weighted by Gasteiger charge is -2.15. The van der Waals surface area contributed by atoms with Gasteiger partial charge < -0.3 is 10.1 Å². The Hall–Kier alpha value is -2.55. The van der Waals surface area contributed by atoms with Crippen molar-refractivity contribution in [2.45, 2.75) is 46.0 Å². The summed E-state index contributed by atoms with van der Waals surface area (Å²) in [4.78, 5) is 12.5. The van der Waals surface area contributed by atoms with Crippen LogP contribution in [0, 0.1) is 5.92 Å². The van der Waals surface area contributed by atoms with Gasteiger partial charge in [-0.05, 0) is 41.9 Å². The van der Waals surface area contributed by atoms with Gasteiger partial charge in [0.1, 0.15) is 5.69 Å². The van der Waals surface area contributed by atoms with Crippen LogP contribution in [-0.4, -0.2) is 26.7 Å². The van der Waals surface area contributed by atoms with Gasteiger partial charge in [0.05, 0.1) is 11.0 Å². The first-order valence-corrected chi connectivity index (χ1v) is 12.1. The quantitative estimate of drug-likeness (QED) is 0.351. The van der Waals surface area contributed by atoms with E-state index in [-0.39, 0.29) is 6.61 Å². The van der Waals surface area contributed by atoms with Crippen LogP contribution in [0.15, 0.2) is 66.9 Å². The number of rotatable bonds is 2. The van der Waals surface area contributed by atoms with Crippen molar-refractivity contribution in [3.63, 3.8) is 0 Å². The van der Waals surface area contributed by atoms with E-state index in [1.165, 1.54) is 37.7 Å². The van der Waals surface area contributed by atoms with Gasteiger partial charge in [0.15, 0.2) is 5.82 Å². The molecule has 0 aliphatic heterocycles. The van der Waals surface area contributed by atoms with Crippen molar-refractivity contribution in [2.75, 3.05) is 6.61 Å². The number of aliphatic hydroxyl groups is 1. The molecule has 2 heterocycles. The molecule has 1 atom stereocenters. The Morgan fingerprint density at radius 3 is 2.28 bits per heavy atom. The highest BCUT2D eigenvalue weighted by Crippen LogP contribution is 2.23. The molecule has 5 heteroatoms. The minimum Gasteiger partial charge on any atom is -0.397 e. The van der Waals surface area contributed by atoms with Gasteiger partial charge in [-0.3, -0.25) is 4.98 Å². The highest BCUT2D eigenvalue weighted by molar-refractivity contribution is 7.27. The van der Waals surface area contributed by atoms with Crippen LogP contribution >= 0.6 is 9.24 Å². The number of H-pyrrole nitrogens is 1. The summed E-state index contributed by atoms with van der Waals surface area (Å²) in [7, 11) is 2.70. The maximum atomic E-state index is 7.57. The molecule has 0 spiro atoms. The van der Waals surface area contributed by atoms with Crippen molar-refractivity contribution in [1.29, 1.82) is 0 Å². The second-order valence-electron chi connectivity index (χ2n) is 8.22. The smallest absolute Gasteiger partial charge is 0.157 e. The number of hydrogen-bond donors (Lipinski definition) is 2. The van der Waals surface area contributed by atoms with E-state index in [1.54, 1.807) is 6.92 Å². The molecular weight excluding hydrogens is 413 g/mol. The molecule has 1 unspecified atom stereocenters.